The van der Waals surface area contributed by atoms with E-state index in [4.69, 9.17) is 4.74 Å². The number of sulfone groups is 1. The molecule has 0 aromatic heterocycles. The van der Waals surface area contributed by atoms with E-state index in [-0.39, 0.29) is 23.0 Å². The van der Waals surface area contributed by atoms with Crippen molar-refractivity contribution in [1.82, 2.24) is 0 Å². The third-order valence-corrected chi connectivity index (χ3v) is 4.70. The highest BCUT2D eigenvalue weighted by molar-refractivity contribution is 7.95. The number of fused-ring (bicyclic) bond motifs is 1. The Morgan fingerprint density at radius 2 is 1.90 bits per heavy atom. The maximum atomic E-state index is 13.3. The molecule has 0 bridgehead atoms. The van der Waals surface area contributed by atoms with Crippen molar-refractivity contribution >= 4 is 15.4 Å². The van der Waals surface area contributed by atoms with Crippen LogP contribution in [0.5, 0.6) is 11.5 Å². The number of ether oxygens (including phenoxy) is 1. The Kier molecular flexibility index (Phi) is 3.17. The number of halogens is 1. The van der Waals surface area contributed by atoms with Gasteiger partial charge in [0.1, 0.15) is 12.4 Å². The van der Waals surface area contributed by atoms with Gasteiger partial charge in [-0.1, -0.05) is 12.1 Å². The molecule has 2 aromatic carbocycles. The van der Waals surface area contributed by atoms with Crippen molar-refractivity contribution in [1.29, 1.82) is 0 Å². The van der Waals surface area contributed by atoms with Gasteiger partial charge in [0.05, 0.1) is 4.90 Å². The second-order valence-electron chi connectivity index (χ2n) is 4.58. The quantitative estimate of drug-likeness (QED) is 0.886. The summed E-state index contributed by atoms with van der Waals surface area (Å²) in [7, 11) is -3.56. The van der Waals surface area contributed by atoms with Crippen LogP contribution in [0.25, 0.3) is 5.57 Å². The average Bonchev–Trinajstić information content (AvgIpc) is 2.69. The molecule has 1 aliphatic heterocycles. The van der Waals surface area contributed by atoms with Crippen LogP contribution in [0.1, 0.15) is 5.56 Å². The van der Waals surface area contributed by atoms with E-state index in [0.717, 1.165) is 11.5 Å². The number of rotatable bonds is 3. The second kappa shape index (κ2) is 4.89. The fourth-order valence-corrected chi connectivity index (χ4v) is 3.61. The average molecular weight is 306 g/mol. The number of phenols is 1. The van der Waals surface area contributed by atoms with Crippen molar-refractivity contribution in [3.8, 4) is 11.5 Å². The number of aromatic hydroxyl groups is 1. The molecule has 1 heterocycles. The lowest BCUT2D eigenvalue weighted by Gasteiger charge is -2.09. The van der Waals surface area contributed by atoms with Crippen molar-refractivity contribution in [3.05, 3.63) is 59.3 Å². The third kappa shape index (κ3) is 2.50. The lowest BCUT2D eigenvalue weighted by molar-refractivity contribution is 0.341. The molecule has 0 aliphatic carbocycles. The highest BCUT2D eigenvalue weighted by Crippen LogP contribution is 2.35. The van der Waals surface area contributed by atoms with Crippen molar-refractivity contribution in [3.63, 3.8) is 0 Å². The zero-order valence-electron chi connectivity index (χ0n) is 10.8. The second-order valence-corrected chi connectivity index (χ2v) is 6.35. The summed E-state index contributed by atoms with van der Waals surface area (Å²) in [5, 5.41) is 10.7. The Hall–Kier alpha value is -2.34. The van der Waals surface area contributed by atoms with Gasteiger partial charge in [-0.3, -0.25) is 0 Å². The number of hydrogen-bond acceptors (Lipinski definition) is 4. The fourth-order valence-electron chi connectivity index (χ4n) is 2.16. The minimum Gasteiger partial charge on any atom is -0.504 e. The first kappa shape index (κ1) is 13.6. The Balaban J connectivity index is 1.91. The van der Waals surface area contributed by atoms with Gasteiger partial charge in [0, 0.05) is 16.5 Å². The van der Waals surface area contributed by atoms with Gasteiger partial charge in [-0.05, 0) is 30.3 Å². The first-order valence-corrected chi connectivity index (χ1v) is 7.68. The van der Waals surface area contributed by atoms with Gasteiger partial charge >= 0.3 is 0 Å². The zero-order valence-corrected chi connectivity index (χ0v) is 11.6. The van der Waals surface area contributed by atoms with Crippen molar-refractivity contribution < 1.29 is 22.7 Å². The lowest BCUT2D eigenvalue weighted by atomic mass is 10.1. The molecule has 108 valence electrons. The Morgan fingerprint density at radius 1 is 1.14 bits per heavy atom. The number of para-hydroxylation sites is 2. The first-order chi connectivity index (χ1) is 9.97. The molecular formula is C15H11FO4S. The van der Waals surface area contributed by atoms with E-state index < -0.39 is 15.7 Å². The van der Waals surface area contributed by atoms with E-state index in [0.29, 0.717) is 11.1 Å². The molecule has 0 fully saturated rings. The van der Waals surface area contributed by atoms with Gasteiger partial charge in [0.25, 0.3) is 0 Å². The van der Waals surface area contributed by atoms with Gasteiger partial charge < -0.3 is 9.84 Å². The van der Waals surface area contributed by atoms with Crippen LogP contribution in [0, 0.1) is 5.82 Å². The topological polar surface area (TPSA) is 63.6 Å². The molecule has 21 heavy (non-hydrogen) atoms. The molecule has 0 amide bonds. The molecule has 0 unspecified atom stereocenters. The Morgan fingerprint density at radius 3 is 2.67 bits per heavy atom. The molecule has 4 nitrogen and oxygen atoms in total. The van der Waals surface area contributed by atoms with Crippen molar-refractivity contribution in [2.24, 2.45) is 0 Å². The summed E-state index contributed by atoms with van der Waals surface area (Å²) in [6.45, 7) is -0.0761. The SMILES string of the molecule is O=S1(=O)C=C(COc2ccccc2O)c2cc(F)ccc21. The number of benzene rings is 2. The van der Waals surface area contributed by atoms with E-state index in [1.807, 2.05) is 0 Å². The summed E-state index contributed by atoms with van der Waals surface area (Å²) in [5.41, 5.74) is 0.651. The van der Waals surface area contributed by atoms with E-state index >= 15 is 0 Å². The summed E-state index contributed by atoms with van der Waals surface area (Å²) in [6, 6.07) is 9.86. The predicted octanol–water partition coefficient (Wildman–Crippen LogP) is 2.74. The molecule has 1 N–H and O–H groups in total. The molecule has 0 radical (unpaired) electrons. The molecular weight excluding hydrogens is 295 g/mol. The number of phenolic OH excluding ortho intramolecular Hbond substituents is 1. The lowest BCUT2D eigenvalue weighted by Crippen LogP contribution is -2.00. The van der Waals surface area contributed by atoms with Gasteiger partial charge in [0.2, 0.25) is 9.84 Å². The van der Waals surface area contributed by atoms with E-state index in [1.54, 1.807) is 18.2 Å². The third-order valence-electron chi connectivity index (χ3n) is 3.14. The van der Waals surface area contributed by atoms with Crippen LogP contribution >= 0.6 is 0 Å². The van der Waals surface area contributed by atoms with Gasteiger partial charge in [-0.2, -0.15) is 0 Å². The van der Waals surface area contributed by atoms with Crippen LogP contribution in [-0.2, 0) is 9.84 Å². The summed E-state index contributed by atoms with van der Waals surface area (Å²) >= 11 is 0. The minimum absolute atomic E-state index is 0.0431. The largest absolute Gasteiger partial charge is 0.504 e. The summed E-state index contributed by atoms with van der Waals surface area (Å²) in [5.74, 6) is -0.321. The Bertz CT molecular complexity index is 841. The van der Waals surface area contributed by atoms with Crippen LogP contribution in [-0.4, -0.2) is 20.1 Å². The summed E-state index contributed by atoms with van der Waals surface area (Å²) < 4.78 is 42.6. The Labute approximate surface area is 121 Å². The van der Waals surface area contributed by atoms with E-state index in [2.05, 4.69) is 0 Å². The summed E-state index contributed by atoms with van der Waals surface area (Å²) in [6.07, 6.45) is 0. The zero-order chi connectivity index (χ0) is 15.0. The monoisotopic (exact) mass is 306 g/mol. The van der Waals surface area contributed by atoms with Gasteiger partial charge in [-0.15, -0.1) is 0 Å². The fraction of sp³-hybridized carbons (Fsp3) is 0.0667. The van der Waals surface area contributed by atoms with Crippen LogP contribution in [0.15, 0.2) is 52.8 Å². The molecule has 0 atom stereocenters. The molecule has 0 saturated carbocycles. The van der Waals surface area contributed by atoms with E-state index in [9.17, 15) is 17.9 Å². The van der Waals surface area contributed by atoms with Gasteiger partial charge in [-0.25, -0.2) is 12.8 Å². The maximum absolute atomic E-state index is 13.3. The smallest absolute Gasteiger partial charge is 0.200 e. The standard InChI is InChI=1S/C15H11FO4S/c16-11-5-6-15-12(7-11)10(9-21(15,18)19)8-20-14-4-2-1-3-13(14)17/h1-7,9,17H,8H2. The number of hydrogen-bond donors (Lipinski definition) is 1. The highest BCUT2D eigenvalue weighted by atomic mass is 32.2. The van der Waals surface area contributed by atoms with Crippen LogP contribution in [0.4, 0.5) is 4.39 Å². The summed E-state index contributed by atoms with van der Waals surface area (Å²) in [4.78, 5) is 0.0692. The molecule has 3 rings (SSSR count). The molecule has 0 spiro atoms. The molecule has 1 aliphatic rings. The molecule has 2 aromatic rings. The highest BCUT2D eigenvalue weighted by Gasteiger charge is 2.27. The first-order valence-electron chi connectivity index (χ1n) is 6.14. The predicted molar refractivity (Wildman–Crippen MR) is 75.2 cm³/mol. The molecule has 6 heteroatoms. The van der Waals surface area contributed by atoms with Crippen molar-refractivity contribution in [2.75, 3.05) is 6.61 Å². The normalized spacial score (nSPS) is 15.4. The molecule has 0 saturated heterocycles. The van der Waals surface area contributed by atoms with Gasteiger partial charge in [0.15, 0.2) is 11.5 Å². The van der Waals surface area contributed by atoms with Crippen LogP contribution < -0.4 is 4.74 Å². The minimum atomic E-state index is -3.56. The van der Waals surface area contributed by atoms with Crippen molar-refractivity contribution in [2.45, 2.75) is 4.90 Å². The van der Waals surface area contributed by atoms with E-state index in [1.165, 1.54) is 18.2 Å². The van der Waals surface area contributed by atoms with Crippen LogP contribution in [0.3, 0.4) is 0 Å². The van der Waals surface area contributed by atoms with Crippen LogP contribution in [0.2, 0.25) is 0 Å². The maximum Gasteiger partial charge on any atom is 0.200 e.